The zero-order valence-corrected chi connectivity index (χ0v) is 11.4. The largest absolute Gasteiger partial charge is 0.494 e. The minimum Gasteiger partial charge on any atom is -0.494 e. The van der Waals surface area contributed by atoms with Gasteiger partial charge in [0, 0.05) is 6.07 Å². The molecule has 1 aromatic carbocycles. The average molecular weight is 270 g/mol. The summed E-state index contributed by atoms with van der Waals surface area (Å²) in [6, 6.07) is 4.11. The van der Waals surface area contributed by atoms with Crippen molar-refractivity contribution in [3.63, 3.8) is 0 Å². The first kappa shape index (κ1) is 15.3. The summed E-state index contributed by atoms with van der Waals surface area (Å²) >= 11 is 0. The van der Waals surface area contributed by atoms with Gasteiger partial charge < -0.3 is 14.2 Å². The molecule has 1 unspecified atom stereocenters. The number of rotatable bonds is 7. The van der Waals surface area contributed by atoms with Crippen LogP contribution in [0.15, 0.2) is 18.2 Å². The van der Waals surface area contributed by atoms with Gasteiger partial charge in [0.2, 0.25) is 0 Å². The van der Waals surface area contributed by atoms with Crippen LogP contribution in [0.25, 0.3) is 0 Å². The molecule has 1 rings (SSSR count). The number of benzene rings is 1. The first-order valence-corrected chi connectivity index (χ1v) is 6.20. The maximum absolute atomic E-state index is 13.3. The van der Waals surface area contributed by atoms with E-state index in [1.807, 2.05) is 6.92 Å². The van der Waals surface area contributed by atoms with Crippen molar-refractivity contribution in [3.8, 4) is 11.5 Å². The molecule has 5 heteroatoms. The summed E-state index contributed by atoms with van der Waals surface area (Å²) in [6.45, 7) is 2.02. The number of carbonyl (C=O) groups excluding carboxylic acids is 1. The molecule has 0 saturated carbocycles. The van der Waals surface area contributed by atoms with Crippen molar-refractivity contribution >= 4 is 5.97 Å². The summed E-state index contributed by atoms with van der Waals surface area (Å²) in [5.74, 6) is -0.448. The highest BCUT2D eigenvalue weighted by Gasteiger charge is 2.21. The second-order valence-corrected chi connectivity index (χ2v) is 4.07. The van der Waals surface area contributed by atoms with Gasteiger partial charge in [-0.15, -0.1) is 0 Å². The number of halogens is 1. The minimum atomic E-state index is -0.680. The Labute approximate surface area is 112 Å². The molecule has 19 heavy (non-hydrogen) atoms. The van der Waals surface area contributed by atoms with Crippen LogP contribution < -0.4 is 9.47 Å². The van der Waals surface area contributed by atoms with E-state index in [4.69, 9.17) is 14.2 Å². The van der Waals surface area contributed by atoms with Gasteiger partial charge in [0.15, 0.2) is 17.7 Å². The van der Waals surface area contributed by atoms with E-state index in [0.29, 0.717) is 12.2 Å². The lowest BCUT2D eigenvalue weighted by Gasteiger charge is -2.17. The van der Waals surface area contributed by atoms with E-state index in [0.717, 1.165) is 12.8 Å². The van der Waals surface area contributed by atoms with Crippen molar-refractivity contribution in [2.45, 2.75) is 32.3 Å². The summed E-state index contributed by atoms with van der Waals surface area (Å²) in [6.07, 6.45) is 1.67. The van der Waals surface area contributed by atoms with Gasteiger partial charge in [-0.1, -0.05) is 13.3 Å². The monoisotopic (exact) mass is 270 g/mol. The second kappa shape index (κ2) is 7.61. The molecule has 1 aromatic rings. The molecule has 0 radical (unpaired) electrons. The molecule has 0 N–H and O–H groups in total. The Morgan fingerprint density at radius 3 is 2.68 bits per heavy atom. The van der Waals surface area contributed by atoms with Crippen molar-refractivity contribution < 1.29 is 23.4 Å². The fraction of sp³-hybridized carbons (Fsp3) is 0.500. The molecule has 0 heterocycles. The maximum atomic E-state index is 13.3. The van der Waals surface area contributed by atoms with Crippen molar-refractivity contribution in [3.05, 3.63) is 24.0 Å². The number of hydrogen-bond donors (Lipinski definition) is 0. The molecule has 1 atom stereocenters. The highest BCUT2D eigenvalue weighted by atomic mass is 19.1. The quantitative estimate of drug-likeness (QED) is 0.715. The summed E-state index contributed by atoms with van der Waals surface area (Å²) in [5, 5.41) is 0. The predicted molar refractivity (Wildman–Crippen MR) is 68.9 cm³/mol. The van der Waals surface area contributed by atoms with Gasteiger partial charge in [0.25, 0.3) is 0 Å². The van der Waals surface area contributed by atoms with Crippen LogP contribution in [0, 0.1) is 5.82 Å². The van der Waals surface area contributed by atoms with Gasteiger partial charge >= 0.3 is 5.97 Å². The molecule has 0 amide bonds. The Kier molecular flexibility index (Phi) is 6.12. The smallest absolute Gasteiger partial charge is 0.347 e. The molecule has 0 fully saturated rings. The minimum absolute atomic E-state index is 0.0802. The fourth-order valence-corrected chi connectivity index (χ4v) is 1.62. The molecule has 0 aliphatic heterocycles. The normalized spacial score (nSPS) is 11.8. The number of methoxy groups -OCH3 is 2. The Balaban J connectivity index is 2.80. The van der Waals surface area contributed by atoms with Gasteiger partial charge in [-0.3, -0.25) is 0 Å². The Bertz CT molecular complexity index is 420. The van der Waals surface area contributed by atoms with Crippen molar-refractivity contribution in [1.29, 1.82) is 0 Å². The van der Waals surface area contributed by atoms with Crippen LogP contribution in [0.3, 0.4) is 0 Å². The summed E-state index contributed by atoms with van der Waals surface area (Å²) in [5.41, 5.74) is 0. The van der Waals surface area contributed by atoms with E-state index >= 15 is 0 Å². The van der Waals surface area contributed by atoms with Crippen molar-refractivity contribution in [1.82, 2.24) is 0 Å². The van der Waals surface area contributed by atoms with Gasteiger partial charge in [0.05, 0.1) is 14.2 Å². The Morgan fingerprint density at radius 2 is 2.11 bits per heavy atom. The van der Waals surface area contributed by atoms with Gasteiger partial charge in [-0.2, -0.15) is 0 Å². The Morgan fingerprint density at radius 1 is 1.37 bits per heavy atom. The first-order chi connectivity index (χ1) is 9.12. The SMILES string of the molecule is CCCCC(Oc1ccc(F)c(OC)c1)C(=O)OC. The standard InChI is InChI=1S/C14H19FO4/c1-4-5-6-12(14(16)18-3)19-10-7-8-11(15)13(9-10)17-2/h7-9,12H,4-6H2,1-3H3. The van der Waals surface area contributed by atoms with Crippen LogP contribution in [-0.2, 0) is 9.53 Å². The molecule has 106 valence electrons. The number of unbranched alkanes of at least 4 members (excludes halogenated alkanes) is 1. The zero-order valence-electron chi connectivity index (χ0n) is 11.4. The van der Waals surface area contributed by atoms with Crippen LogP contribution in [0.4, 0.5) is 4.39 Å². The first-order valence-electron chi connectivity index (χ1n) is 6.20. The Hall–Kier alpha value is -1.78. The lowest BCUT2D eigenvalue weighted by atomic mass is 10.1. The number of carbonyl (C=O) groups is 1. The molecule has 4 nitrogen and oxygen atoms in total. The van der Waals surface area contributed by atoms with Crippen molar-refractivity contribution in [2.75, 3.05) is 14.2 Å². The summed E-state index contributed by atoms with van der Waals surface area (Å²) in [7, 11) is 2.69. The van der Waals surface area contributed by atoms with Crippen molar-refractivity contribution in [2.24, 2.45) is 0 Å². The lowest BCUT2D eigenvalue weighted by Crippen LogP contribution is -2.28. The molecule has 0 aromatic heterocycles. The van der Waals surface area contributed by atoms with E-state index < -0.39 is 17.9 Å². The molecule has 0 aliphatic carbocycles. The van der Waals surface area contributed by atoms with Crippen LogP contribution >= 0.6 is 0 Å². The number of esters is 1. The molecular weight excluding hydrogens is 251 g/mol. The van der Waals surface area contributed by atoms with E-state index in [9.17, 15) is 9.18 Å². The third kappa shape index (κ3) is 4.43. The fourth-order valence-electron chi connectivity index (χ4n) is 1.62. The number of hydrogen-bond acceptors (Lipinski definition) is 4. The van der Waals surface area contributed by atoms with Crippen LogP contribution in [0.1, 0.15) is 26.2 Å². The molecule has 0 saturated heterocycles. The van der Waals surface area contributed by atoms with Gasteiger partial charge in [0.1, 0.15) is 5.75 Å². The number of ether oxygens (including phenoxy) is 3. The zero-order chi connectivity index (χ0) is 14.3. The van der Waals surface area contributed by atoms with E-state index in [1.54, 1.807) is 0 Å². The maximum Gasteiger partial charge on any atom is 0.347 e. The van der Waals surface area contributed by atoms with Crippen LogP contribution in [0.5, 0.6) is 11.5 Å². The predicted octanol–water partition coefficient (Wildman–Crippen LogP) is 2.94. The average Bonchev–Trinajstić information content (AvgIpc) is 2.44. The molecule has 0 bridgehead atoms. The van der Waals surface area contributed by atoms with E-state index in [2.05, 4.69) is 0 Å². The summed E-state index contributed by atoms with van der Waals surface area (Å²) < 4.78 is 28.4. The lowest BCUT2D eigenvalue weighted by molar-refractivity contribution is -0.149. The van der Waals surface area contributed by atoms with Gasteiger partial charge in [-0.05, 0) is 25.0 Å². The van der Waals surface area contributed by atoms with Gasteiger partial charge in [-0.25, -0.2) is 9.18 Å². The third-order valence-electron chi connectivity index (χ3n) is 2.68. The summed E-state index contributed by atoms with van der Waals surface area (Å²) in [4.78, 5) is 11.6. The highest BCUT2D eigenvalue weighted by Crippen LogP contribution is 2.24. The second-order valence-electron chi connectivity index (χ2n) is 4.07. The molecule has 0 spiro atoms. The molecule has 0 aliphatic rings. The van der Waals surface area contributed by atoms with E-state index in [-0.39, 0.29) is 5.75 Å². The van der Waals surface area contributed by atoms with Crippen LogP contribution in [-0.4, -0.2) is 26.3 Å². The topological polar surface area (TPSA) is 44.8 Å². The molecular formula is C14H19FO4. The van der Waals surface area contributed by atoms with E-state index in [1.165, 1.54) is 32.4 Å². The van der Waals surface area contributed by atoms with Crippen LogP contribution in [0.2, 0.25) is 0 Å². The highest BCUT2D eigenvalue weighted by molar-refractivity contribution is 5.74. The third-order valence-corrected chi connectivity index (χ3v) is 2.68.